The minimum atomic E-state index is -0.530. The first kappa shape index (κ1) is 18.4. The van der Waals surface area contributed by atoms with E-state index in [-0.39, 0.29) is 11.9 Å². The van der Waals surface area contributed by atoms with E-state index in [0.717, 1.165) is 11.3 Å². The van der Waals surface area contributed by atoms with Gasteiger partial charge in [-0.1, -0.05) is 42.8 Å². The Bertz CT molecular complexity index is 673. The van der Waals surface area contributed by atoms with E-state index < -0.39 is 5.54 Å². The largest absolute Gasteiger partial charge is 0.344 e. The van der Waals surface area contributed by atoms with E-state index in [4.69, 9.17) is 11.6 Å². The Morgan fingerprint density at radius 1 is 1.21 bits per heavy atom. The van der Waals surface area contributed by atoms with Crippen LogP contribution in [0.2, 0.25) is 5.02 Å². The average Bonchev–Trinajstić information content (AvgIpc) is 2.57. The highest BCUT2D eigenvalue weighted by atomic mass is 35.5. The maximum absolute atomic E-state index is 12.6. The number of nitrogens with one attached hydrogen (secondary N) is 2. The predicted octanol–water partition coefficient (Wildman–Crippen LogP) is 3.65. The molecule has 2 aromatic rings. The summed E-state index contributed by atoms with van der Waals surface area (Å²) in [6.07, 6.45) is 2.42. The standard InChI is InChI=1S/C19H24ClN3O/c1-4-16(22-13-14-9-5-6-10-15(14)20)18(24)23-19(2,3)17-11-7-8-12-21-17/h5-12,16,22H,4,13H2,1-3H3,(H,23,24). The second-order valence-corrected chi connectivity index (χ2v) is 6.67. The summed E-state index contributed by atoms with van der Waals surface area (Å²) in [4.78, 5) is 17.0. The molecular formula is C19H24ClN3O. The molecule has 128 valence electrons. The van der Waals surface area contributed by atoms with Crippen LogP contribution in [-0.4, -0.2) is 16.9 Å². The van der Waals surface area contributed by atoms with Gasteiger partial charge in [0, 0.05) is 17.8 Å². The van der Waals surface area contributed by atoms with Gasteiger partial charge in [-0.15, -0.1) is 0 Å². The molecule has 1 amide bonds. The lowest BCUT2D eigenvalue weighted by molar-refractivity contribution is -0.125. The fourth-order valence-corrected chi connectivity index (χ4v) is 2.69. The maximum Gasteiger partial charge on any atom is 0.237 e. The first-order chi connectivity index (χ1) is 11.4. The van der Waals surface area contributed by atoms with Crippen molar-refractivity contribution in [2.24, 2.45) is 0 Å². The van der Waals surface area contributed by atoms with E-state index in [0.29, 0.717) is 18.0 Å². The van der Waals surface area contributed by atoms with Crippen LogP contribution in [0.15, 0.2) is 48.7 Å². The zero-order valence-corrected chi connectivity index (χ0v) is 15.1. The normalized spacial score (nSPS) is 12.7. The second-order valence-electron chi connectivity index (χ2n) is 6.26. The lowest BCUT2D eigenvalue weighted by Gasteiger charge is -2.28. The Balaban J connectivity index is 2.00. The summed E-state index contributed by atoms with van der Waals surface area (Å²) in [5.41, 5.74) is 1.28. The van der Waals surface area contributed by atoms with Crippen LogP contribution < -0.4 is 10.6 Å². The van der Waals surface area contributed by atoms with Crippen molar-refractivity contribution in [2.45, 2.75) is 45.3 Å². The number of halogens is 1. The van der Waals surface area contributed by atoms with Gasteiger partial charge in [0.25, 0.3) is 0 Å². The molecule has 0 radical (unpaired) electrons. The third-order valence-electron chi connectivity index (χ3n) is 3.96. The van der Waals surface area contributed by atoms with Crippen LogP contribution in [0, 0.1) is 0 Å². The van der Waals surface area contributed by atoms with Crippen molar-refractivity contribution >= 4 is 17.5 Å². The number of aromatic nitrogens is 1. The molecule has 24 heavy (non-hydrogen) atoms. The van der Waals surface area contributed by atoms with Gasteiger partial charge in [0.05, 0.1) is 17.3 Å². The predicted molar refractivity (Wildman–Crippen MR) is 97.8 cm³/mol. The number of carbonyl (C=O) groups excluding carboxylic acids is 1. The number of hydrogen-bond donors (Lipinski definition) is 2. The smallest absolute Gasteiger partial charge is 0.237 e. The molecule has 1 heterocycles. The van der Waals surface area contributed by atoms with E-state index in [1.54, 1.807) is 6.20 Å². The molecule has 2 rings (SSSR count). The zero-order chi connectivity index (χ0) is 17.6. The highest BCUT2D eigenvalue weighted by molar-refractivity contribution is 6.31. The molecule has 1 aromatic heterocycles. The van der Waals surface area contributed by atoms with E-state index in [2.05, 4.69) is 15.6 Å². The number of amides is 1. The molecule has 1 atom stereocenters. The molecule has 4 nitrogen and oxygen atoms in total. The third kappa shape index (κ3) is 4.79. The van der Waals surface area contributed by atoms with E-state index in [9.17, 15) is 4.79 Å². The molecular weight excluding hydrogens is 322 g/mol. The van der Waals surface area contributed by atoms with Crippen molar-refractivity contribution in [3.63, 3.8) is 0 Å². The van der Waals surface area contributed by atoms with Crippen LogP contribution in [-0.2, 0) is 16.9 Å². The van der Waals surface area contributed by atoms with Crippen LogP contribution in [0.25, 0.3) is 0 Å². The minimum absolute atomic E-state index is 0.0415. The first-order valence-corrected chi connectivity index (χ1v) is 8.52. The topological polar surface area (TPSA) is 54.0 Å². The third-order valence-corrected chi connectivity index (χ3v) is 4.33. The monoisotopic (exact) mass is 345 g/mol. The lowest BCUT2D eigenvalue weighted by Crippen LogP contribution is -2.50. The number of carbonyl (C=O) groups is 1. The molecule has 1 aromatic carbocycles. The Labute approximate surface area is 148 Å². The summed E-state index contributed by atoms with van der Waals surface area (Å²) in [6, 6.07) is 13.0. The molecule has 0 aliphatic rings. The fraction of sp³-hybridized carbons (Fsp3) is 0.368. The van der Waals surface area contributed by atoms with Gasteiger partial charge in [0.1, 0.15) is 0 Å². The Kier molecular flexibility index (Phi) is 6.35. The highest BCUT2D eigenvalue weighted by Gasteiger charge is 2.27. The van der Waals surface area contributed by atoms with Crippen molar-refractivity contribution in [2.75, 3.05) is 0 Å². The lowest BCUT2D eigenvalue weighted by atomic mass is 9.99. The second kappa shape index (κ2) is 8.27. The van der Waals surface area contributed by atoms with Crippen LogP contribution in [0.1, 0.15) is 38.4 Å². The average molecular weight is 346 g/mol. The number of nitrogens with zero attached hydrogens (tertiary/aromatic N) is 1. The van der Waals surface area contributed by atoms with Crippen molar-refractivity contribution in [3.8, 4) is 0 Å². The van der Waals surface area contributed by atoms with Gasteiger partial charge >= 0.3 is 0 Å². The van der Waals surface area contributed by atoms with Gasteiger partial charge < -0.3 is 10.6 Å². The molecule has 1 unspecified atom stereocenters. The van der Waals surface area contributed by atoms with Crippen molar-refractivity contribution in [3.05, 3.63) is 64.9 Å². The van der Waals surface area contributed by atoms with Crippen molar-refractivity contribution in [1.29, 1.82) is 0 Å². The fourth-order valence-electron chi connectivity index (χ4n) is 2.49. The summed E-state index contributed by atoms with van der Waals surface area (Å²) >= 11 is 6.17. The number of benzene rings is 1. The first-order valence-electron chi connectivity index (χ1n) is 8.14. The summed E-state index contributed by atoms with van der Waals surface area (Å²) < 4.78 is 0. The molecule has 0 aliphatic carbocycles. The molecule has 0 fully saturated rings. The number of rotatable bonds is 7. The Hall–Kier alpha value is -1.91. The van der Waals surface area contributed by atoms with E-state index in [1.807, 2.05) is 63.2 Å². The molecule has 0 spiro atoms. The van der Waals surface area contributed by atoms with E-state index >= 15 is 0 Å². The summed E-state index contributed by atoms with van der Waals surface area (Å²) in [5, 5.41) is 7.06. The van der Waals surface area contributed by atoms with Crippen molar-refractivity contribution in [1.82, 2.24) is 15.6 Å². The molecule has 5 heteroatoms. The van der Waals surface area contributed by atoms with Gasteiger partial charge in [0.2, 0.25) is 5.91 Å². The molecule has 0 saturated heterocycles. The maximum atomic E-state index is 12.6. The summed E-state index contributed by atoms with van der Waals surface area (Å²) in [5.74, 6) is -0.0415. The van der Waals surface area contributed by atoms with Crippen molar-refractivity contribution < 1.29 is 4.79 Å². The van der Waals surface area contributed by atoms with E-state index in [1.165, 1.54) is 0 Å². The Morgan fingerprint density at radius 3 is 2.54 bits per heavy atom. The zero-order valence-electron chi connectivity index (χ0n) is 14.3. The van der Waals surface area contributed by atoms with Gasteiger partial charge in [-0.2, -0.15) is 0 Å². The van der Waals surface area contributed by atoms with Gasteiger partial charge in [-0.25, -0.2) is 0 Å². The van der Waals surface area contributed by atoms with Crippen LogP contribution in [0.5, 0.6) is 0 Å². The van der Waals surface area contributed by atoms with Gasteiger partial charge in [-0.3, -0.25) is 9.78 Å². The van der Waals surface area contributed by atoms with Crippen LogP contribution >= 0.6 is 11.6 Å². The molecule has 0 bridgehead atoms. The van der Waals surface area contributed by atoms with Crippen LogP contribution in [0.4, 0.5) is 0 Å². The quantitative estimate of drug-likeness (QED) is 0.805. The SMILES string of the molecule is CCC(NCc1ccccc1Cl)C(=O)NC(C)(C)c1ccccn1. The molecule has 2 N–H and O–H groups in total. The summed E-state index contributed by atoms with van der Waals surface area (Å²) in [6.45, 7) is 6.44. The van der Waals surface area contributed by atoms with Crippen LogP contribution in [0.3, 0.4) is 0 Å². The number of hydrogen-bond acceptors (Lipinski definition) is 3. The Morgan fingerprint density at radius 2 is 1.92 bits per heavy atom. The molecule has 0 aliphatic heterocycles. The number of pyridine rings is 1. The highest BCUT2D eigenvalue weighted by Crippen LogP contribution is 2.18. The minimum Gasteiger partial charge on any atom is -0.344 e. The molecule has 0 saturated carbocycles. The van der Waals surface area contributed by atoms with Gasteiger partial charge in [0.15, 0.2) is 0 Å². The van der Waals surface area contributed by atoms with Gasteiger partial charge in [-0.05, 0) is 44.0 Å². The summed E-state index contributed by atoms with van der Waals surface area (Å²) in [7, 11) is 0.